The summed E-state index contributed by atoms with van der Waals surface area (Å²) in [5, 5.41) is 12.4. The average molecular weight is 434 g/mol. The van der Waals surface area contributed by atoms with Crippen molar-refractivity contribution < 1.29 is 8.78 Å². The van der Waals surface area contributed by atoms with Gasteiger partial charge in [-0.1, -0.05) is 18.2 Å². The maximum Gasteiger partial charge on any atom is 0.128 e. The molecule has 5 nitrogen and oxygen atoms in total. The first kappa shape index (κ1) is 22.0. The predicted molar refractivity (Wildman–Crippen MR) is 119 cm³/mol. The van der Waals surface area contributed by atoms with E-state index in [0.717, 1.165) is 37.0 Å². The molecule has 1 N–H and O–H groups in total. The van der Waals surface area contributed by atoms with Crippen molar-refractivity contribution in [2.24, 2.45) is 0 Å². The van der Waals surface area contributed by atoms with Crippen LogP contribution in [0, 0.1) is 23.0 Å². The Labute approximate surface area is 186 Å². The van der Waals surface area contributed by atoms with Gasteiger partial charge in [-0.25, -0.2) is 18.7 Å². The van der Waals surface area contributed by atoms with Gasteiger partial charge in [0.05, 0.1) is 11.8 Å². The molecule has 1 aliphatic heterocycles. The first-order chi connectivity index (χ1) is 15.6. The summed E-state index contributed by atoms with van der Waals surface area (Å²) in [5.74, 6) is -0.395. The standard InChI is InChI=1S/C25H25F2N5/c26-21-12-18(13-22(27)14-21)3-2-6-25-30-8-7-24(31-25)20-5-1-4-19(11-20)16-32-10-9-29-23(15-28)17-32/h1,4-5,7-8,11-14,23,29H,2-3,6,9-10,16-17H2. The van der Waals surface area contributed by atoms with Gasteiger partial charge in [-0.2, -0.15) is 5.26 Å². The normalized spacial score (nSPS) is 16.6. The Morgan fingerprint density at radius 2 is 1.91 bits per heavy atom. The first-order valence-corrected chi connectivity index (χ1v) is 10.8. The van der Waals surface area contributed by atoms with E-state index in [2.05, 4.69) is 33.4 Å². The van der Waals surface area contributed by atoms with Crippen molar-refractivity contribution in [3.05, 3.63) is 83.3 Å². The summed E-state index contributed by atoms with van der Waals surface area (Å²) in [5.41, 5.74) is 3.68. The van der Waals surface area contributed by atoms with Gasteiger partial charge in [-0.05, 0) is 48.2 Å². The molecule has 1 saturated heterocycles. The minimum Gasteiger partial charge on any atom is -0.300 e. The Morgan fingerprint density at radius 3 is 2.72 bits per heavy atom. The van der Waals surface area contributed by atoms with Crippen molar-refractivity contribution in [2.75, 3.05) is 19.6 Å². The third-order valence-electron chi connectivity index (χ3n) is 5.54. The number of benzene rings is 2. The van der Waals surface area contributed by atoms with E-state index in [0.29, 0.717) is 37.2 Å². The molecule has 1 aliphatic rings. The van der Waals surface area contributed by atoms with Crippen LogP contribution in [-0.2, 0) is 19.4 Å². The number of hydrogen-bond acceptors (Lipinski definition) is 5. The molecule has 0 bridgehead atoms. The van der Waals surface area contributed by atoms with Crippen molar-refractivity contribution in [2.45, 2.75) is 31.8 Å². The fraction of sp³-hybridized carbons (Fsp3) is 0.320. The lowest BCUT2D eigenvalue weighted by Crippen LogP contribution is -2.49. The molecule has 1 fully saturated rings. The Kier molecular flexibility index (Phi) is 7.15. The Bertz CT molecular complexity index is 1090. The quantitative estimate of drug-likeness (QED) is 0.612. The Hall–Kier alpha value is -3.21. The number of rotatable bonds is 7. The molecule has 0 spiro atoms. The van der Waals surface area contributed by atoms with Crippen LogP contribution in [0.15, 0.2) is 54.7 Å². The predicted octanol–water partition coefficient (Wildman–Crippen LogP) is 3.89. The van der Waals surface area contributed by atoms with Crippen LogP contribution in [-0.4, -0.2) is 40.5 Å². The van der Waals surface area contributed by atoms with Crippen molar-refractivity contribution in [1.82, 2.24) is 20.2 Å². The van der Waals surface area contributed by atoms with Gasteiger partial charge >= 0.3 is 0 Å². The van der Waals surface area contributed by atoms with Crippen molar-refractivity contribution in [1.29, 1.82) is 5.26 Å². The zero-order chi connectivity index (χ0) is 22.3. The lowest BCUT2D eigenvalue weighted by Gasteiger charge is -2.30. The molecule has 2 heterocycles. The summed E-state index contributed by atoms with van der Waals surface area (Å²) in [6.07, 6.45) is 3.64. The van der Waals surface area contributed by atoms with Gasteiger partial charge in [-0.3, -0.25) is 10.2 Å². The van der Waals surface area contributed by atoms with Gasteiger partial charge in [0.1, 0.15) is 23.5 Å². The second kappa shape index (κ2) is 10.4. The molecule has 32 heavy (non-hydrogen) atoms. The minimum atomic E-state index is -0.554. The average Bonchev–Trinajstić information content (AvgIpc) is 2.79. The third-order valence-corrected chi connectivity index (χ3v) is 5.54. The highest BCUT2D eigenvalue weighted by Crippen LogP contribution is 2.20. The molecule has 1 unspecified atom stereocenters. The van der Waals surface area contributed by atoms with Gasteiger partial charge < -0.3 is 0 Å². The molecule has 164 valence electrons. The summed E-state index contributed by atoms with van der Waals surface area (Å²) in [7, 11) is 0. The van der Waals surface area contributed by atoms with Crippen LogP contribution in [0.4, 0.5) is 8.78 Å². The summed E-state index contributed by atoms with van der Waals surface area (Å²) in [4.78, 5) is 11.3. The fourth-order valence-corrected chi connectivity index (χ4v) is 4.01. The number of piperazine rings is 1. The highest BCUT2D eigenvalue weighted by molar-refractivity contribution is 5.59. The van der Waals surface area contributed by atoms with Crippen molar-refractivity contribution in [3.8, 4) is 17.3 Å². The number of nitrogens with zero attached hydrogens (tertiary/aromatic N) is 4. The molecule has 7 heteroatoms. The Balaban J connectivity index is 1.39. The van der Waals surface area contributed by atoms with Crippen LogP contribution in [0.25, 0.3) is 11.3 Å². The molecular weight excluding hydrogens is 408 g/mol. The number of nitrogens with one attached hydrogen (secondary N) is 1. The van der Waals surface area contributed by atoms with Crippen molar-refractivity contribution in [3.63, 3.8) is 0 Å². The lowest BCUT2D eigenvalue weighted by atomic mass is 10.1. The number of aryl methyl sites for hydroxylation is 2. The van der Waals surface area contributed by atoms with E-state index in [1.54, 1.807) is 6.20 Å². The molecule has 4 rings (SSSR count). The van der Waals surface area contributed by atoms with E-state index in [1.807, 2.05) is 18.2 Å². The van der Waals surface area contributed by atoms with E-state index in [4.69, 9.17) is 10.2 Å². The topological polar surface area (TPSA) is 64.8 Å². The molecule has 1 aromatic heterocycles. The lowest BCUT2D eigenvalue weighted by molar-refractivity contribution is 0.212. The zero-order valence-electron chi connectivity index (χ0n) is 17.8. The number of halogens is 2. The summed E-state index contributed by atoms with van der Waals surface area (Å²) in [6, 6.07) is 15.9. The van der Waals surface area contributed by atoms with E-state index in [1.165, 1.54) is 17.7 Å². The van der Waals surface area contributed by atoms with Crippen LogP contribution in [0.2, 0.25) is 0 Å². The highest BCUT2D eigenvalue weighted by atomic mass is 19.1. The van der Waals surface area contributed by atoms with E-state index >= 15 is 0 Å². The first-order valence-electron chi connectivity index (χ1n) is 10.8. The molecule has 0 aliphatic carbocycles. The molecular formula is C25H25F2N5. The van der Waals surface area contributed by atoms with Crippen molar-refractivity contribution >= 4 is 0 Å². The molecule has 1 atom stereocenters. The third kappa shape index (κ3) is 5.94. The molecule has 3 aromatic rings. The number of aromatic nitrogens is 2. The van der Waals surface area contributed by atoms with E-state index < -0.39 is 11.6 Å². The maximum absolute atomic E-state index is 13.4. The van der Waals surface area contributed by atoms with Crippen LogP contribution >= 0.6 is 0 Å². The number of hydrogen-bond donors (Lipinski definition) is 1. The highest BCUT2D eigenvalue weighted by Gasteiger charge is 2.18. The SMILES string of the molecule is N#CC1CN(Cc2cccc(-c3ccnc(CCCc4cc(F)cc(F)c4)n3)c2)CCN1. The van der Waals surface area contributed by atoms with Gasteiger partial charge in [0.15, 0.2) is 0 Å². The molecule has 2 aromatic carbocycles. The minimum absolute atomic E-state index is 0.125. The monoisotopic (exact) mass is 433 g/mol. The van der Waals surface area contributed by atoms with Crippen LogP contribution in [0.3, 0.4) is 0 Å². The fourth-order valence-electron chi connectivity index (χ4n) is 4.01. The second-order valence-corrected chi connectivity index (χ2v) is 8.06. The van der Waals surface area contributed by atoms with Gasteiger partial charge in [0.2, 0.25) is 0 Å². The largest absolute Gasteiger partial charge is 0.300 e. The zero-order valence-corrected chi connectivity index (χ0v) is 17.8. The number of nitriles is 1. The molecule has 0 amide bonds. The second-order valence-electron chi connectivity index (χ2n) is 8.06. The summed E-state index contributed by atoms with van der Waals surface area (Å²) < 4.78 is 26.7. The summed E-state index contributed by atoms with van der Waals surface area (Å²) in [6.45, 7) is 3.23. The smallest absolute Gasteiger partial charge is 0.128 e. The van der Waals surface area contributed by atoms with Gasteiger partial charge in [0, 0.05) is 50.4 Å². The van der Waals surface area contributed by atoms with Crippen LogP contribution in [0.1, 0.15) is 23.4 Å². The maximum atomic E-state index is 13.4. The molecule has 0 radical (unpaired) electrons. The Morgan fingerprint density at radius 1 is 1.06 bits per heavy atom. The summed E-state index contributed by atoms with van der Waals surface area (Å²) >= 11 is 0. The van der Waals surface area contributed by atoms with E-state index in [9.17, 15) is 8.78 Å². The van der Waals surface area contributed by atoms with Gasteiger partial charge in [-0.15, -0.1) is 0 Å². The van der Waals surface area contributed by atoms with Gasteiger partial charge in [0.25, 0.3) is 0 Å². The van der Waals surface area contributed by atoms with Crippen LogP contribution in [0.5, 0.6) is 0 Å². The molecule has 0 saturated carbocycles. The van der Waals surface area contributed by atoms with E-state index in [-0.39, 0.29) is 6.04 Å². The van der Waals surface area contributed by atoms with Crippen LogP contribution < -0.4 is 5.32 Å².